The number of rotatable bonds is 12. The Morgan fingerprint density at radius 1 is 1.03 bits per heavy atom. The maximum absolute atomic E-state index is 13.6. The van der Waals surface area contributed by atoms with E-state index in [0.717, 1.165) is 30.6 Å². The van der Waals surface area contributed by atoms with Gasteiger partial charge >= 0.3 is 5.97 Å². The van der Waals surface area contributed by atoms with Crippen LogP contribution in [0, 0.1) is 17.8 Å². The van der Waals surface area contributed by atoms with Crippen LogP contribution in [-0.2, 0) is 25.7 Å². The molecule has 2 amide bonds. The highest BCUT2D eigenvalue weighted by atomic mass is 16.5. The maximum atomic E-state index is 13.6. The Labute approximate surface area is 226 Å². The number of carbonyl (C=O) groups excluding carboxylic acids is 3. The summed E-state index contributed by atoms with van der Waals surface area (Å²) in [5.74, 6) is -0.0414. The molecule has 1 heterocycles. The molecule has 7 nitrogen and oxygen atoms in total. The molecule has 206 valence electrons. The summed E-state index contributed by atoms with van der Waals surface area (Å²) in [7, 11) is 1.36. The van der Waals surface area contributed by atoms with Crippen LogP contribution in [0.4, 0.5) is 0 Å². The molecule has 0 spiro atoms. The monoisotopic (exact) mass is 522 g/mol. The number of methoxy groups -OCH3 is 1. The van der Waals surface area contributed by atoms with Gasteiger partial charge in [-0.05, 0) is 67.9 Å². The summed E-state index contributed by atoms with van der Waals surface area (Å²) in [5.41, 5.74) is 0.963. The summed E-state index contributed by atoms with van der Waals surface area (Å²) < 4.78 is 11.0. The number of carbonyl (C=O) groups is 3. The molecule has 0 aromatic heterocycles. The third-order valence-corrected chi connectivity index (χ3v) is 7.00. The van der Waals surface area contributed by atoms with Crippen LogP contribution >= 0.6 is 0 Å². The van der Waals surface area contributed by atoms with Crippen molar-refractivity contribution in [2.75, 3.05) is 13.7 Å². The normalized spacial score (nSPS) is 17.4. The third kappa shape index (κ3) is 8.33. The molecule has 1 aliphatic rings. The molecule has 0 radical (unpaired) electrons. The topological polar surface area (TPSA) is 84.9 Å². The Morgan fingerprint density at radius 2 is 1.76 bits per heavy atom. The molecular weight excluding hydrogens is 480 g/mol. The van der Waals surface area contributed by atoms with Gasteiger partial charge in [0.2, 0.25) is 11.8 Å². The van der Waals surface area contributed by atoms with Crippen LogP contribution in [-0.4, -0.2) is 42.4 Å². The molecule has 3 rings (SSSR count). The van der Waals surface area contributed by atoms with E-state index in [9.17, 15) is 14.4 Å². The molecule has 1 saturated heterocycles. The quantitative estimate of drug-likeness (QED) is 0.360. The minimum absolute atomic E-state index is 0.0846. The van der Waals surface area contributed by atoms with Crippen molar-refractivity contribution in [2.24, 2.45) is 17.8 Å². The second-order valence-corrected chi connectivity index (χ2v) is 10.5. The van der Waals surface area contributed by atoms with Crippen LogP contribution in [0.15, 0.2) is 54.6 Å². The summed E-state index contributed by atoms with van der Waals surface area (Å²) in [6.45, 7) is 7.13. The Kier molecular flexibility index (Phi) is 11.2. The van der Waals surface area contributed by atoms with E-state index in [1.165, 1.54) is 7.11 Å². The second kappa shape index (κ2) is 14.6. The van der Waals surface area contributed by atoms with Crippen LogP contribution in [0.2, 0.25) is 0 Å². The molecule has 1 aliphatic heterocycles. The van der Waals surface area contributed by atoms with Gasteiger partial charge in [0, 0.05) is 13.1 Å². The average Bonchev–Trinajstić information content (AvgIpc) is 3.07. The van der Waals surface area contributed by atoms with Crippen LogP contribution in [0.5, 0.6) is 11.5 Å². The first-order valence-electron chi connectivity index (χ1n) is 13.8. The van der Waals surface area contributed by atoms with Gasteiger partial charge < -0.3 is 19.7 Å². The van der Waals surface area contributed by atoms with Crippen molar-refractivity contribution in [3.63, 3.8) is 0 Å². The van der Waals surface area contributed by atoms with Crippen molar-refractivity contribution < 1.29 is 23.9 Å². The number of ether oxygens (including phenoxy) is 2. The summed E-state index contributed by atoms with van der Waals surface area (Å²) in [4.78, 5) is 41.5. The molecule has 1 fully saturated rings. The lowest BCUT2D eigenvalue weighted by atomic mass is 9.82. The van der Waals surface area contributed by atoms with Crippen molar-refractivity contribution in [2.45, 2.75) is 71.9 Å². The van der Waals surface area contributed by atoms with E-state index in [1.54, 1.807) is 0 Å². The van der Waals surface area contributed by atoms with E-state index in [-0.39, 0.29) is 23.7 Å². The number of nitrogens with one attached hydrogen (secondary N) is 1. The van der Waals surface area contributed by atoms with E-state index >= 15 is 0 Å². The lowest BCUT2D eigenvalue weighted by Gasteiger charge is -2.29. The highest BCUT2D eigenvalue weighted by molar-refractivity contribution is 5.90. The van der Waals surface area contributed by atoms with Gasteiger partial charge in [-0.3, -0.25) is 14.4 Å². The second-order valence-electron chi connectivity index (χ2n) is 10.5. The highest BCUT2D eigenvalue weighted by Crippen LogP contribution is 2.28. The number of benzene rings is 2. The van der Waals surface area contributed by atoms with Gasteiger partial charge in [0.1, 0.15) is 17.5 Å². The van der Waals surface area contributed by atoms with Crippen LogP contribution in [0.25, 0.3) is 0 Å². The Bertz CT molecular complexity index is 1060. The lowest BCUT2D eigenvalue weighted by Crippen LogP contribution is -2.50. The van der Waals surface area contributed by atoms with Gasteiger partial charge in [0.25, 0.3) is 0 Å². The maximum Gasteiger partial charge on any atom is 0.309 e. The predicted octanol–water partition coefficient (Wildman–Crippen LogP) is 5.73. The van der Waals surface area contributed by atoms with Gasteiger partial charge in [-0.15, -0.1) is 0 Å². The minimum atomic E-state index is -0.608. The number of esters is 1. The summed E-state index contributed by atoms with van der Waals surface area (Å²) in [6.07, 6.45) is 4.20. The smallest absolute Gasteiger partial charge is 0.309 e. The fraction of sp³-hybridized carbons (Fsp3) is 0.516. The molecular formula is C31H42N2O5. The van der Waals surface area contributed by atoms with Crippen LogP contribution in [0.3, 0.4) is 0 Å². The van der Waals surface area contributed by atoms with Crippen molar-refractivity contribution in [1.82, 2.24) is 10.2 Å². The molecule has 1 N–H and O–H groups in total. The van der Waals surface area contributed by atoms with Gasteiger partial charge in [0.05, 0.1) is 18.9 Å². The summed E-state index contributed by atoms with van der Waals surface area (Å²) >= 11 is 0. The number of para-hydroxylation sites is 1. The number of likely N-dealkylation sites (tertiary alicyclic amines) is 1. The average molecular weight is 523 g/mol. The van der Waals surface area contributed by atoms with Crippen molar-refractivity contribution >= 4 is 17.8 Å². The number of hydrogen-bond acceptors (Lipinski definition) is 5. The first-order chi connectivity index (χ1) is 18.3. The van der Waals surface area contributed by atoms with E-state index in [4.69, 9.17) is 9.47 Å². The molecule has 0 aliphatic carbocycles. The Hall–Kier alpha value is -3.35. The molecule has 38 heavy (non-hydrogen) atoms. The zero-order valence-corrected chi connectivity index (χ0v) is 23.2. The van der Waals surface area contributed by atoms with Crippen LogP contribution in [0.1, 0.15) is 64.9 Å². The van der Waals surface area contributed by atoms with Gasteiger partial charge in [-0.1, -0.05) is 57.5 Å². The standard InChI is InChI=1S/C31H42N2O5/c1-5-12-26(31(36)37-4)27(19-22(2)3)29(34)32-28-17-9-10-18-33(30(28)35)21-23-13-11-16-25(20-23)38-24-14-7-6-8-15-24/h6-8,11,13-16,20,22,26-28H,5,9-10,12,17-19,21H2,1-4H3,(H,32,34)/t26-,27+,28-/m0/s1. The first-order valence-corrected chi connectivity index (χ1v) is 13.8. The van der Waals surface area contributed by atoms with E-state index in [2.05, 4.69) is 5.32 Å². The summed E-state index contributed by atoms with van der Waals surface area (Å²) in [5, 5.41) is 3.03. The zero-order valence-electron chi connectivity index (χ0n) is 23.2. The van der Waals surface area contributed by atoms with Gasteiger partial charge in [-0.2, -0.15) is 0 Å². The molecule has 0 saturated carbocycles. The van der Waals surface area contributed by atoms with E-state index in [1.807, 2.05) is 80.3 Å². The van der Waals surface area contributed by atoms with Crippen molar-refractivity contribution in [3.05, 3.63) is 60.2 Å². The SMILES string of the molecule is CCC[C@H](C(=O)OC)[C@@H](CC(C)C)C(=O)N[C@H]1CCCCN(Cc2cccc(Oc3ccccc3)c2)C1=O. The number of amides is 2. The van der Waals surface area contributed by atoms with Crippen LogP contribution < -0.4 is 10.1 Å². The van der Waals surface area contributed by atoms with E-state index in [0.29, 0.717) is 38.1 Å². The van der Waals surface area contributed by atoms with Gasteiger partial charge in [0.15, 0.2) is 0 Å². The fourth-order valence-electron chi connectivity index (χ4n) is 5.13. The predicted molar refractivity (Wildman–Crippen MR) is 148 cm³/mol. The first kappa shape index (κ1) is 29.2. The largest absolute Gasteiger partial charge is 0.469 e. The molecule has 0 bridgehead atoms. The lowest BCUT2D eigenvalue weighted by molar-refractivity contribution is -0.151. The Morgan fingerprint density at radius 3 is 2.45 bits per heavy atom. The van der Waals surface area contributed by atoms with Gasteiger partial charge in [-0.25, -0.2) is 0 Å². The molecule has 7 heteroatoms. The minimum Gasteiger partial charge on any atom is -0.469 e. The molecule has 2 aromatic carbocycles. The fourth-order valence-corrected chi connectivity index (χ4v) is 5.13. The molecule has 3 atom stereocenters. The zero-order chi connectivity index (χ0) is 27.5. The van der Waals surface area contributed by atoms with Crippen molar-refractivity contribution in [1.29, 1.82) is 0 Å². The van der Waals surface area contributed by atoms with Crippen molar-refractivity contribution in [3.8, 4) is 11.5 Å². The summed E-state index contributed by atoms with van der Waals surface area (Å²) in [6, 6.07) is 16.7. The Balaban J connectivity index is 1.72. The number of nitrogens with zero attached hydrogens (tertiary/aromatic N) is 1. The third-order valence-electron chi connectivity index (χ3n) is 7.00. The highest BCUT2D eigenvalue weighted by Gasteiger charge is 2.37. The molecule has 0 unspecified atom stereocenters. The number of hydrogen-bond donors (Lipinski definition) is 1. The molecule has 2 aromatic rings. The van der Waals surface area contributed by atoms with E-state index < -0.39 is 17.9 Å².